The van der Waals surface area contributed by atoms with Gasteiger partial charge in [-0.25, -0.2) is 18.2 Å². The van der Waals surface area contributed by atoms with Crippen molar-refractivity contribution in [2.75, 3.05) is 0 Å². The predicted octanol–water partition coefficient (Wildman–Crippen LogP) is 6.00. The molecule has 0 saturated carbocycles. The van der Waals surface area contributed by atoms with Crippen LogP contribution in [-0.4, -0.2) is 9.55 Å². The van der Waals surface area contributed by atoms with E-state index in [0.717, 1.165) is 10.6 Å². The number of halogens is 6. The third-order valence-corrected chi connectivity index (χ3v) is 4.51. The van der Waals surface area contributed by atoms with Gasteiger partial charge in [0.05, 0.1) is 11.0 Å². The fourth-order valence-corrected chi connectivity index (χ4v) is 3.25. The van der Waals surface area contributed by atoms with Crippen molar-refractivity contribution in [3.05, 3.63) is 83.2 Å². The molecule has 9 heteroatoms. The Morgan fingerprint density at radius 1 is 0.833 bits per heavy atom. The van der Waals surface area contributed by atoms with Gasteiger partial charge < -0.3 is 0 Å². The Morgan fingerprint density at radius 3 is 2.10 bits per heavy atom. The van der Waals surface area contributed by atoms with Crippen LogP contribution in [0.2, 0.25) is 0 Å². The van der Waals surface area contributed by atoms with E-state index in [2.05, 4.69) is 4.98 Å². The summed E-state index contributed by atoms with van der Waals surface area (Å²) in [6.45, 7) is 0. The van der Waals surface area contributed by atoms with Gasteiger partial charge in [-0.15, -0.1) is 0 Å². The molecule has 3 aromatic carbocycles. The van der Waals surface area contributed by atoms with Crippen LogP contribution >= 0.6 is 0 Å². The highest BCUT2D eigenvalue weighted by Crippen LogP contribution is 2.42. The Balaban J connectivity index is 2.24. The largest absolute Gasteiger partial charge is 0.421 e. The van der Waals surface area contributed by atoms with Gasteiger partial charge in [-0.3, -0.25) is 4.57 Å². The molecule has 0 spiro atoms. The molecule has 0 radical (unpaired) electrons. The summed E-state index contributed by atoms with van der Waals surface area (Å²) in [5.74, 6) is -6.34. The minimum Gasteiger partial charge on any atom is -0.289 e. The minimum absolute atomic E-state index is 0.00395. The third-order valence-electron chi connectivity index (χ3n) is 4.51. The standard InChI is InChI=1S/C21H9F6N3/c22-16-12(10-28)17(23)18(24)19(15(16)21(25,26)27)30-14-9-5-4-8-13(14)29-20(30)11-6-2-1-3-7-11/h1-9H. The van der Waals surface area contributed by atoms with Gasteiger partial charge >= 0.3 is 6.18 Å². The lowest BCUT2D eigenvalue weighted by molar-refractivity contribution is -0.140. The van der Waals surface area contributed by atoms with Crippen LogP contribution in [0.25, 0.3) is 28.1 Å². The average Bonchev–Trinajstić information content (AvgIpc) is 3.10. The number of alkyl halides is 3. The van der Waals surface area contributed by atoms with Gasteiger partial charge in [0.1, 0.15) is 28.7 Å². The topological polar surface area (TPSA) is 41.6 Å². The lowest BCUT2D eigenvalue weighted by atomic mass is 10.0. The summed E-state index contributed by atoms with van der Waals surface area (Å²) >= 11 is 0. The molecule has 0 saturated heterocycles. The van der Waals surface area contributed by atoms with Crippen molar-refractivity contribution >= 4 is 11.0 Å². The number of hydrogen-bond acceptors (Lipinski definition) is 2. The molecule has 0 aliphatic rings. The number of nitrogens with zero attached hydrogens (tertiary/aromatic N) is 3. The fraction of sp³-hybridized carbons (Fsp3) is 0.0476. The first kappa shape index (κ1) is 19.5. The Morgan fingerprint density at radius 2 is 1.47 bits per heavy atom. The maximum atomic E-state index is 15.0. The molecule has 0 N–H and O–H groups in total. The Hall–Kier alpha value is -3.80. The molecule has 1 aromatic heterocycles. The predicted molar refractivity (Wildman–Crippen MR) is 96.1 cm³/mol. The highest BCUT2D eigenvalue weighted by molar-refractivity contribution is 5.84. The lowest BCUT2D eigenvalue weighted by Crippen LogP contribution is -2.19. The van der Waals surface area contributed by atoms with E-state index in [9.17, 15) is 26.3 Å². The zero-order valence-corrected chi connectivity index (χ0v) is 14.8. The van der Waals surface area contributed by atoms with E-state index in [1.54, 1.807) is 24.3 Å². The Bertz CT molecular complexity index is 1320. The van der Waals surface area contributed by atoms with E-state index in [1.165, 1.54) is 30.3 Å². The molecule has 4 rings (SSSR count). The van der Waals surface area contributed by atoms with Gasteiger partial charge in [0, 0.05) is 5.56 Å². The SMILES string of the molecule is N#Cc1c(F)c(F)c(-n2c(-c3ccccc3)nc3ccccc32)c(C(F)(F)F)c1F. The van der Waals surface area contributed by atoms with Gasteiger partial charge in [-0.05, 0) is 12.1 Å². The van der Waals surface area contributed by atoms with E-state index < -0.39 is 40.4 Å². The van der Waals surface area contributed by atoms with Crippen LogP contribution in [0.1, 0.15) is 11.1 Å². The maximum absolute atomic E-state index is 15.0. The van der Waals surface area contributed by atoms with Gasteiger partial charge in [0.2, 0.25) is 0 Å². The molecular weight excluding hydrogens is 408 g/mol. The maximum Gasteiger partial charge on any atom is 0.421 e. The quantitative estimate of drug-likeness (QED) is 0.297. The molecule has 150 valence electrons. The van der Waals surface area contributed by atoms with Crippen LogP contribution < -0.4 is 0 Å². The zero-order valence-electron chi connectivity index (χ0n) is 14.8. The molecular formula is C21H9F6N3. The zero-order chi connectivity index (χ0) is 21.6. The first-order chi connectivity index (χ1) is 14.3. The molecule has 4 aromatic rings. The van der Waals surface area contributed by atoms with Crippen LogP contribution in [0, 0.1) is 28.8 Å². The Kier molecular flexibility index (Phi) is 4.50. The second kappa shape index (κ2) is 6.91. The second-order valence-corrected chi connectivity index (χ2v) is 6.28. The van der Waals surface area contributed by atoms with Gasteiger partial charge in [0.15, 0.2) is 17.5 Å². The number of benzene rings is 3. The molecule has 0 unspecified atom stereocenters. The molecule has 0 aliphatic heterocycles. The van der Waals surface area contributed by atoms with Crippen molar-refractivity contribution in [3.8, 4) is 23.1 Å². The third kappa shape index (κ3) is 2.88. The number of para-hydroxylation sites is 2. The number of fused-ring (bicyclic) bond motifs is 1. The lowest BCUT2D eigenvalue weighted by Gasteiger charge is -2.19. The van der Waals surface area contributed by atoms with Crippen LogP contribution in [0.5, 0.6) is 0 Å². The summed E-state index contributed by atoms with van der Waals surface area (Å²) in [5.41, 5.74) is -4.64. The average molecular weight is 417 g/mol. The molecule has 0 bridgehead atoms. The van der Waals surface area contributed by atoms with E-state index in [-0.39, 0.29) is 16.9 Å². The molecule has 0 amide bonds. The van der Waals surface area contributed by atoms with Gasteiger partial charge in [-0.2, -0.15) is 18.4 Å². The summed E-state index contributed by atoms with van der Waals surface area (Å²) in [6, 6.07) is 14.7. The molecule has 3 nitrogen and oxygen atoms in total. The highest BCUT2D eigenvalue weighted by Gasteiger charge is 2.43. The number of aromatic nitrogens is 2. The fourth-order valence-electron chi connectivity index (χ4n) is 3.25. The van der Waals surface area contributed by atoms with Crippen molar-refractivity contribution in [1.82, 2.24) is 9.55 Å². The highest BCUT2D eigenvalue weighted by atomic mass is 19.4. The number of nitriles is 1. The Labute approximate surface area is 165 Å². The van der Waals surface area contributed by atoms with E-state index in [4.69, 9.17) is 5.26 Å². The van der Waals surface area contributed by atoms with Crippen molar-refractivity contribution in [3.63, 3.8) is 0 Å². The minimum atomic E-state index is -5.42. The molecule has 0 aliphatic carbocycles. The van der Waals surface area contributed by atoms with Crippen molar-refractivity contribution < 1.29 is 26.3 Å². The van der Waals surface area contributed by atoms with E-state index in [0.29, 0.717) is 5.56 Å². The smallest absolute Gasteiger partial charge is 0.289 e. The van der Waals surface area contributed by atoms with Crippen LogP contribution in [-0.2, 0) is 6.18 Å². The number of imidazole rings is 1. The van der Waals surface area contributed by atoms with Crippen molar-refractivity contribution in [1.29, 1.82) is 5.26 Å². The normalized spacial score (nSPS) is 11.6. The first-order valence-corrected chi connectivity index (χ1v) is 8.46. The summed E-state index contributed by atoms with van der Waals surface area (Å²) < 4.78 is 86.0. The van der Waals surface area contributed by atoms with Gasteiger partial charge in [-0.1, -0.05) is 42.5 Å². The van der Waals surface area contributed by atoms with Gasteiger partial charge in [0.25, 0.3) is 0 Å². The second-order valence-electron chi connectivity index (χ2n) is 6.28. The summed E-state index contributed by atoms with van der Waals surface area (Å²) in [4.78, 5) is 4.24. The number of hydrogen-bond donors (Lipinski definition) is 0. The summed E-state index contributed by atoms with van der Waals surface area (Å²) in [5, 5.41) is 8.86. The van der Waals surface area contributed by atoms with Crippen LogP contribution in [0.15, 0.2) is 54.6 Å². The summed E-state index contributed by atoms with van der Waals surface area (Å²) in [6.07, 6.45) is -5.42. The summed E-state index contributed by atoms with van der Waals surface area (Å²) in [7, 11) is 0. The molecule has 1 heterocycles. The first-order valence-electron chi connectivity index (χ1n) is 8.46. The molecule has 30 heavy (non-hydrogen) atoms. The van der Waals surface area contributed by atoms with Crippen molar-refractivity contribution in [2.24, 2.45) is 0 Å². The molecule has 0 fully saturated rings. The monoisotopic (exact) mass is 417 g/mol. The van der Waals surface area contributed by atoms with Crippen LogP contribution in [0.3, 0.4) is 0 Å². The van der Waals surface area contributed by atoms with Crippen LogP contribution in [0.4, 0.5) is 26.3 Å². The van der Waals surface area contributed by atoms with Crippen molar-refractivity contribution in [2.45, 2.75) is 6.18 Å². The van der Waals surface area contributed by atoms with E-state index >= 15 is 0 Å². The van der Waals surface area contributed by atoms with E-state index in [1.807, 2.05) is 0 Å². The molecule has 0 atom stereocenters. The number of rotatable bonds is 2.